The van der Waals surface area contributed by atoms with E-state index in [4.69, 9.17) is 4.74 Å². The molecule has 6 N–H and O–H groups in total. The fourth-order valence-electron chi connectivity index (χ4n) is 5.32. The van der Waals surface area contributed by atoms with Crippen LogP contribution in [0.2, 0.25) is 0 Å². The Morgan fingerprint density at radius 1 is 0.875 bits per heavy atom. The number of hydrogen-bond donors (Lipinski definition) is 6. The van der Waals surface area contributed by atoms with Gasteiger partial charge in [-0.3, -0.25) is 33.6 Å². The molecule has 2 aliphatic rings. The maximum Gasteiger partial charge on any atom is 0.243 e. The number of carbonyl (C=O) groups is 7. The first kappa shape index (κ1) is 38.1. The van der Waals surface area contributed by atoms with E-state index in [1.807, 2.05) is 13.0 Å². The summed E-state index contributed by atoms with van der Waals surface area (Å²) in [6.07, 6.45) is 2.99. The van der Waals surface area contributed by atoms with Gasteiger partial charge in [-0.05, 0) is 44.1 Å². The zero-order valence-electron chi connectivity index (χ0n) is 27.6. The van der Waals surface area contributed by atoms with Crippen molar-refractivity contribution >= 4 is 41.2 Å². The van der Waals surface area contributed by atoms with Crippen LogP contribution in [-0.4, -0.2) is 103 Å². The van der Waals surface area contributed by atoms with Gasteiger partial charge in [-0.15, -0.1) is 0 Å². The van der Waals surface area contributed by atoms with Gasteiger partial charge in [0.25, 0.3) is 0 Å². The van der Waals surface area contributed by atoms with E-state index >= 15 is 0 Å². The number of benzene rings is 1. The summed E-state index contributed by atoms with van der Waals surface area (Å²) in [7, 11) is 0. The van der Waals surface area contributed by atoms with Crippen LogP contribution in [0.25, 0.3) is 0 Å². The van der Waals surface area contributed by atoms with Crippen molar-refractivity contribution in [3.63, 3.8) is 0 Å². The lowest BCUT2D eigenvalue weighted by Gasteiger charge is -2.21. The normalized spacial score (nSPS) is 18.4. The molecule has 1 aliphatic heterocycles. The first-order valence-corrected chi connectivity index (χ1v) is 16.4. The molecule has 15 heteroatoms. The zero-order chi connectivity index (χ0) is 35.1. The van der Waals surface area contributed by atoms with Crippen molar-refractivity contribution in [3.05, 3.63) is 35.9 Å². The Morgan fingerprint density at radius 2 is 1.52 bits per heavy atom. The maximum atomic E-state index is 13.0. The molecule has 48 heavy (non-hydrogen) atoms. The van der Waals surface area contributed by atoms with Gasteiger partial charge >= 0.3 is 0 Å². The molecule has 0 aromatic heterocycles. The molecule has 15 nitrogen and oxygen atoms in total. The highest BCUT2D eigenvalue weighted by atomic mass is 16.5. The number of rotatable bonds is 21. The van der Waals surface area contributed by atoms with Gasteiger partial charge in [-0.1, -0.05) is 43.7 Å². The van der Waals surface area contributed by atoms with Crippen LogP contribution in [0.1, 0.15) is 64.4 Å². The van der Waals surface area contributed by atoms with E-state index in [0.29, 0.717) is 32.2 Å². The molecule has 0 radical (unpaired) electrons. The van der Waals surface area contributed by atoms with Crippen LogP contribution in [0.3, 0.4) is 0 Å². The summed E-state index contributed by atoms with van der Waals surface area (Å²) in [4.78, 5) is 87.3. The number of ether oxygens (including phenoxy) is 1. The number of Topliss-reactive ketones (excluding diaryl/α,β-unsaturated/α-hetero) is 1. The molecule has 0 bridgehead atoms. The third kappa shape index (κ3) is 13.4. The summed E-state index contributed by atoms with van der Waals surface area (Å²) in [5, 5.41) is 22.5. The van der Waals surface area contributed by atoms with Gasteiger partial charge in [0.1, 0.15) is 25.1 Å². The largest absolute Gasteiger partial charge is 0.373 e. The van der Waals surface area contributed by atoms with Crippen molar-refractivity contribution in [1.82, 2.24) is 31.5 Å². The fraction of sp³-hybridized carbons (Fsp3) is 0.606. The van der Waals surface area contributed by atoms with Gasteiger partial charge in [0.05, 0.1) is 19.6 Å². The molecule has 4 atom stereocenters. The van der Waals surface area contributed by atoms with Crippen LogP contribution in [0.15, 0.2) is 30.3 Å². The molecular formula is C33H48N6O9. The van der Waals surface area contributed by atoms with Crippen molar-refractivity contribution in [2.45, 2.75) is 83.6 Å². The summed E-state index contributed by atoms with van der Waals surface area (Å²) in [5.74, 6) is -2.81. The molecule has 1 heterocycles. The van der Waals surface area contributed by atoms with Crippen LogP contribution < -0.4 is 26.6 Å². The van der Waals surface area contributed by atoms with E-state index in [2.05, 4.69) is 26.6 Å². The number of unbranched alkanes of at least 4 members (excludes halogenated alkanes) is 2. The molecule has 3 unspecified atom stereocenters. The fourth-order valence-corrected chi connectivity index (χ4v) is 5.32. The SMILES string of the molecule is CC(=O)C(OCNC(=O)CNC(=O)[C@H](Cc1ccccc1)NC(=O)CNC(=O)CNC(=O)CCCCCN1C(=O)CC(C)C1O)C1CC1. The van der Waals surface area contributed by atoms with E-state index in [-0.39, 0.29) is 62.1 Å². The smallest absolute Gasteiger partial charge is 0.243 e. The predicted octanol–water partition coefficient (Wildman–Crippen LogP) is -0.732. The Kier molecular flexibility index (Phi) is 15.4. The summed E-state index contributed by atoms with van der Waals surface area (Å²) >= 11 is 0. The molecule has 1 aromatic rings. The molecule has 1 aromatic carbocycles. The molecule has 264 valence electrons. The van der Waals surface area contributed by atoms with Gasteiger partial charge in [-0.2, -0.15) is 0 Å². The first-order chi connectivity index (χ1) is 22.9. The second kappa shape index (κ2) is 19.5. The van der Waals surface area contributed by atoms with Crippen LogP contribution in [0.5, 0.6) is 0 Å². The molecule has 1 aliphatic carbocycles. The van der Waals surface area contributed by atoms with Crippen molar-refractivity contribution < 1.29 is 43.4 Å². The van der Waals surface area contributed by atoms with E-state index in [0.717, 1.165) is 18.4 Å². The number of amides is 6. The summed E-state index contributed by atoms with van der Waals surface area (Å²) in [6.45, 7) is 2.36. The number of carbonyl (C=O) groups excluding carboxylic acids is 7. The highest BCUT2D eigenvalue weighted by molar-refractivity contribution is 5.92. The number of likely N-dealkylation sites (tertiary alicyclic amines) is 1. The van der Waals surface area contributed by atoms with E-state index in [9.17, 15) is 38.7 Å². The predicted molar refractivity (Wildman–Crippen MR) is 172 cm³/mol. The summed E-state index contributed by atoms with van der Waals surface area (Å²) in [6, 6.07) is 7.90. The second-order valence-electron chi connectivity index (χ2n) is 12.4. The molecule has 2 fully saturated rings. The molecule has 1 saturated carbocycles. The van der Waals surface area contributed by atoms with E-state index in [1.165, 1.54) is 11.8 Å². The molecule has 0 spiro atoms. The van der Waals surface area contributed by atoms with Crippen molar-refractivity contribution in [2.75, 3.05) is 32.9 Å². The standard InChI is InChI=1S/C33H48N6O9/c1-21-15-30(45)39(33(21)47)14-8-4-7-11-26(41)34-17-27(42)35-19-29(44)38-25(16-23-9-5-3-6-10-23)32(46)36-18-28(43)37-20-48-31(22(2)40)24-12-13-24/h3,5-6,9-10,21,24-25,31,33,47H,4,7-8,11-20H2,1-2H3,(H,34,41)(H,35,42)(H,36,46)(H,37,43)(H,38,44)/t21?,25-,31?,33?/m0/s1. The van der Waals surface area contributed by atoms with Crippen LogP contribution in [0.4, 0.5) is 0 Å². The number of nitrogens with zero attached hydrogens (tertiary/aromatic N) is 1. The minimum atomic E-state index is -1.05. The van der Waals surface area contributed by atoms with Crippen LogP contribution >= 0.6 is 0 Å². The Bertz CT molecular complexity index is 1290. The summed E-state index contributed by atoms with van der Waals surface area (Å²) < 4.78 is 5.48. The Labute approximate surface area is 280 Å². The molecular weight excluding hydrogens is 624 g/mol. The highest BCUT2D eigenvalue weighted by Gasteiger charge is 2.36. The quantitative estimate of drug-likeness (QED) is 0.0717. The zero-order valence-corrected chi connectivity index (χ0v) is 27.6. The molecule has 6 amide bonds. The number of aliphatic hydroxyl groups is 1. The van der Waals surface area contributed by atoms with E-state index in [1.54, 1.807) is 24.3 Å². The lowest BCUT2D eigenvalue weighted by Crippen LogP contribution is -2.52. The average molecular weight is 673 g/mol. The van der Waals surface area contributed by atoms with Crippen LogP contribution in [0, 0.1) is 11.8 Å². The van der Waals surface area contributed by atoms with Crippen molar-refractivity contribution in [3.8, 4) is 0 Å². The minimum absolute atomic E-state index is 0.0708. The average Bonchev–Trinajstić information content (AvgIpc) is 3.86. The van der Waals surface area contributed by atoms with Crippen molar-refractivity contribution in [1.29, 1.82) is 0 Å². The van der Waals surface area contributed by atoms with Gasteiger partial charge in [0.2, 0.25) is 35.4 Å². The van der Waals surface area contributed by atoms with Gasteiger partial charge in [-0.25, -0.2) is 0 Å². The Balaban J connectivity index is 1.34. The Morgan fingerprint density at radius 3 is 2.17 bits per heavy atom. The third-order valence-corrected chi connectivity index (χ3v) is 8.18. The molecule has 1 saturated heterocycles. The topological polar surface area (TPSA) is 212 Å². The van der Waals surface area contributed by atoms with Gasteiger partial charge in [0.15, 0.2) is 5.78 Å². The van der Waals surface area contributed by atoms with Crippen molar-refractivity contribution in [2.24, 2.45) is 11.8 Å². The first-order valence-electron chi connectivity index (χ1n) is 16.4. The second-order valence-corrected chi connectivity index (χ2v) is 12.4. The number of nitrogens with one attached hydrogen (secondary N) is 5. The number of hydrogen-bond acceptors (Lipinski definition) is 9. The lowest BCUT2D eigenvalue weighted by molar-refractivity contribution is -0.134. The number of ketones is 1. The minimum Gasteiger partial charge on any atom is -0.373 e. The lowest BCUT2D eigenvalue weighted by atomic mass is 10.1. The summed E-state index contributed by atoms with van der Waals surface area (Å²) in [5.41, 5.74) is 0.759. The Hall–Kier alpha value is -4.37. The number of aliphatic hydroxyl groups excluding tert-OH is 1. The third-order valence-electron chi connectivity index (χ3n) is 8.18. The van der Waals surface area contributed by atoms with Gasteiger partial charge in [0, 0.05) is 31.7 Å². The van der Waals surface area contributed by atoms with E-state index < -0.39 is 48.5 Å². The van der Waals surface area contributed by atoms with Crippen LogP contribution in [-0.2, 0) is 44.7 Å². The molecule has 3 rings (SSSR count). The highest BCUT2D eigenvalue weighted by Crippen LogP contribution is 2.34. The monoisotopic (exact) mass is 672 g/mol. The maximum absolute atomic E-state index is 13.0. The van der Waals surface area contributed by atoms with Gasteiger partial charge < -0.3 is 41.3 Å².